The molecule has 0 rings (SSSR count). The Balaban J connectivity index is 4.31. The monoisotopic (exact) mass is 1020 g/mol. The summed E-state index contributed by atoms with van der Waals surface area (Å²) in [5.74, 6) is 0. The molecule has 0 spiro atoms. The molecule has 0 atom stereocenters. The molecule has 0 amide bonds. The molecule has 75 heavy (non-hydrogen) atoms. The minimum Gasteiger partial charge on any atom is -0.0887 e. The van der Waals surface area contributed by atoms with Crippen LogP contribution in [0.15, 0.2) is 175 Å². The standard InChI is InChI=1S/C75H122/c1-18-62(4)34-20-36-64(6)38-22-40-66(8)42-24-44-68(10)46-26-48-70(12)50-28-52-72(14)54-30-56-74(16)58-32-60-75(17)59-31-57-73(15)55-29-53-71(13)51-27-49-69(11)47-25-45-67(9)43-23-41-65(7)39-21-37-63(5)35-19-33-61(2)3/h18,33,36-37,40-41,44-45,48-49,52-53,56-57,60H,19-32,34-35,38-39,42-43,46-47,50-51,54-55,58-59H2,1-17H3/b62-18+,63-37+,64-36+,65-41+,66-40+,67-45+,68-44+,69-49+,70-48+,71-53+,72-52+,73-57+,74-56+,75-60+. The van der Waals surface area contributed by atoms with E-state index in [1.54, 1.807) is 0 Å². The zero-order valence-corrected chi connectivity index (χ0v) is 53.0. The van der Waals surface area contributed by atoms with E-state index in [4.69, 9.17) is 0 Å². The van der Waals surface area contributed by atoms with Crippen LogP contribution in [0.3, 0.4) is 0 Å². The Kier molecular flexibility index (Phi) is 44.9. The molecule has 0 saturated heterocycles. The molecule has 0 fully saturated rings. The lowest BCUT2D eigenvalue weighted by atomic mass is 10.0. The lowest BCUT2D eigenvalue weighted by Crippen LogP contribution is -1.84. The third-order valence-electron chi connectivity index (χ3n) is 15.0. The fraction of sp³-hybridized carbons (Fsp3) is 0.600. The average Bonchev–Trinajstić information content (AvgIpc) is 3.33. The van der Waals surface area contributed by atoms with Gasteiger partial charge in [-0.15, -0.1) is 0 Å². The van der Waals surface area contributed by atoms with Crippen LogP contribution in [-0.4, -0.2) is 0 Å². The number of rotatable bonds is 42. The first-order valence-electron chi connectivity index (χ1n) is 30.6. The van der Waals surface area contributed by atoms with Crippen molar-refractivity contribution in [3.8, 4) is 0 Å². The molecule has 0 unspecified atom stereocenters. The topological polar surface area (TPSA) is 0 Å². The first-order chi connectivity index (χ1) is 35.8. The van der Waals surface area contributed by atoms with Crippen LogP contribution in [-0.2, 0) is 0 Å². The molecule has 0 aliphatic rings. The van der Waals surface area contributed by atoms with Crippen molar-refractivity contribution >= 4 is 0 Å². The molecule has 0 aliphatic heterocycles. The van der Waals surface area contributed by atoms with E-state index < -0.39 is 0 Å². The van der Waals surface area contributed by atoms with Gasteiger partial charge < -0.3 is 0 Å². The van der Waals surface area contributed by atoms with E-state index in [1.165, 1.54) is 199 Å². The van der Waals surface area contributed by atoms with Gasteiger partial charge in [-0.1, -0.05) is 175 Å². The summed E-state index contributed by atoms with van der Waals surface area (Å²) in [6.45, 7) is 38.8. The zero-order chi connectivity index (χ0) is 56.1. The number of hydrogen-bond donors (Lipinski definition) is 0. The predicted octanol–water partition coefficient (Wildman–Crippen LogP) is 26.1. The second kappa shape index (κ2) is 47.3. The van der Waals surface area contributed by atoms with E-state index in [0.29, 0.717) is 0 Å². The number of hydrogen-bond acceptors (Lipinski definition) is 0. The van der Waals surface area contributed by atoms with Crippen LogP contribution in [0.2, 0.25) is 0 Å². The maximum atomic E-state index is 2.48. The second-order valence-corrected chi connectivity index (χ2v) is 23.6. The van der Waals surface area contributed by atoms with Crippen molar-refractivity contribution in [2.75, 3.05) is 0 Å². The van der Waals surface area contributed by atoms with Crippen LogP contribution in [0.1, 0.15) is 297 Å². The summed E-state index contributed by atoms with van der Waals surface area (Å²) in [6.07, 6.45) is 69.4. The highest BCUT2D eigenvalue weighted by atomic mass is 14.1. The molecule has 0 N–H and O–H groups in total. The van der Waals surface area contributed by atoms with Crippen molar-refractivity contribution in [3.63, 3.8) is 0 Å². The van der Waals surface area contributed by atoms with Crippen LogP contribution < -0.4 is 0 Å². The van der Waals surface area contributed by atoms with E-state index in [-0.39, 0.29) is 0 Å². The SMILES string of the molecule is C/C=C(\C)CC/C=C(\C)CC/C=C(\C)CC/C=C(\C)CC/C=C(\C)CC/C=C(\C)CC/C=C(\C)CC/C=C(\C)CC/C=C(\C)CC/C=C(\C)CC/C=C(\C)CC/C=C(\C)CC/C=C(\C)CC/C=C(\C)CCC=C(C)C. The number of allylic oxidation sites excluding steroid dienone is 30. The van der Waals surface area contributed by atoms with Gasteiger partial charge >= 0.3 is 0 Å². The molecule has 0 bridgehead atoms. The van der Waals surface area contributed by atoms with Gasteiger partial charge in [-0.25, -0.2) is 0 Å². The fourth-order valence-corrected chi connectivity index (χ4v) is 9.16. The van der Waals surface area contributed by atoms with Gasteiger partial charge in [0.2, 0.25) is 0 Å². The van der Waals surface area contributed by atoms with Crippen LogP contribution in [0, 0.1) is 0 Å². The van der Waals surface area contributed by atoms with Gasteiger partial charge in [0.25, 0.3) is 0 Å². The van der Waals surface area contributed by atoms with E-state index in [0.717, 1.165) is 64.2 Å². The maximum Gasteiger partial charge on any atom is -0.0288 e. The molecule has 0 aromatic rings. The summed E-state index contributed by atoms with van der Waals surface area (Å²) >= 11 is 0. The Bertz CT molecular complexity index is 2040. The van der Waals surface area contributed by atoms with Crippen molar-refractivity contribution in [1.29, 1.82) is 0 Å². The molecular formula is C75H122. The average molecular weight is 1020 g/mol. The Hall–Kier alpha value is -3.90. The quantitative estimate of drug-likeness (QED) is 0.0535. The minimum atomic E-state index is 1.16. The molecule has 422 valence electrons. The van der Waals surface area contributed by atoms with Crippen molar-refractivity contribution in [1.82, 2.24) is 0 Å². The first-order valence-corrected chi connectivity index (χ1v) is 30.6. The van der Waals surface area contributed by atoms with Gasteiger partial charge in [0.05, 0.1) is 0 Å². The second-order valence-electron chi connectivity index (χ2n) is 23.6. The van der Waals surface area contributed by atoms with Gasteiger partial charge in [-0.05, 0) is 297 Å². The first kappa shape index (κ1) is 71.1. The normalized spacial score (nSPS) is 15.2. The van der Waals surface area contributed by atoms with Crippen LogP contribution >= 0.6 is 0 Å². The summed E-state index contributed by atoms with van der Waals surface area (Å²) in [7, 11) is 0. The van der Waals surface area contributed by atoms with E-state index in [2.05, 4.69) is 209 Å². The third kappa shape index (κ3) is 48.2. The highest BCUT2D eigenvalue weighted by Gasteiger charge is 2.00. The molecule has 0 saturated carbocycles. The zero-order valence-electron chi connectivity index (χ0n) is 53.0. The Morgan fingerprint density at radius 1 is 0.160 bits per heavy atom. The summed E-state index contributed by atoms with van der Waals surface area (Å²) < 4.78 is 0. The molecule has 0 aromatic heterocycles. The van der Waals surface area contributed by atoms with Crippen molar-refractivity contribution < 1.29 is 0 Å². The van der Waals surface area contributed by atoms with Gasteiger partial charge in [0, 0.05) is 0 Å². The van der Waals surface area contributed by atoms with Crippen LogP contribution in [0.25, 0.3) is 0 Å². The molecule has 0 radical (unpaired) electrons. The summed E-state index contributed by atoms with van der Waals surface area (Å²) in [5.41, 5.74) is 22.8. The largest absolute Gasteiger partial charge is 0.0887 e. The molecular weight excluding hydrogens is 901 g/mol. The predicted molar refractivity (Wildman–Crippen MR) is 347 cm³/mol. The van der Waals surface area contributed by atoms with Gasteiger partial charge in [0.1, 0.15) is 0 Å². The van der Waals surface area contributed by atoms with E-state index >= 15 is 0 Å². The smallest absolute Gasteiger partial charge is 0.0288 e. The summed E-state index contributed by atoms with van der Waals surface area (Å²) in [4.78, 5) is 0. The molecule has 0 nitrogen and oxygen atoms in total. The third-order valence-corrected chi connectivity index (χ3v) is 15.0. The van der Waals surface area contributed by atoms with E-state index in [1.807, 2.05) is 0 Å². The highest BCUT2D eigenvalue weighted by Crippen LogP contribution is 2.20. The Morgan fingerprint density at radius 2 is 0.267 bits per heavy atom. The van der Waals surface area contributed by atoms with Crippen LogP contribution in [0.4, 0.5) is 0 Å². The molecule has 0 aliphatic carbocycles. The lowest BCUT2D eigenvalue weighted by Gasteiger charge is -2.04. The molecule has 0 heterocycles. The van der Waals surface area contributed by atoms with Crippen molar-refractivity contribution in [3.05, 3.63) is 175 Å². The van der Waals surface area contributed by atoms with Gasteiger partial charge in [-0.2, -0.15) is 0 Å². The van der Waals surface area contributed by atoms with E-state index in [9.17, 15) is 0 Å². The van der Waals surface area contributed by atoms with Gasteiger partial charge in [0.15, 0.2) is 0 Å². The fourth-order valence-electron chi connectivity index (χ4n) is 9.16. The summed E-state index contributed by atoms with van der Waals surface area (Å²) in [5, 5.41) is 0. The highest BCUT2D eigenvalue weighted by molar-refractivity contribution is 5.13. The van der Waals surface area contributed by atoms with Crippen LogP contribution in [0.5, 0.6) is 0 Å². The maximum absolute atomic E-state index is 2.48. The van der Waals surface area contributed by atoms with Crippen molar-refractivity contribution in [2.24, 2.45) is 0 Å². The molecule has 0 heteroatoms. The minimum absolute atomic E-state index is 1.16. The molecule has 0 aromatic carbocycles. The van der Waals surface area contributed by atoms with Crippen molar-refractivity contribution in [2.45, 2.75) is 297 Å². The Labute approximate surface area is 469 Å². The Morgan fingerprint density at radius 3 is 0.373 bits per heavy atom. The van der Waals surface area contributed by atoms with Gasteiger partial charge in [-0.3, -0.25) is 0 Å². The summed E-state index contributed by atoms with van der Waals surface area (Å²) in [6, 6.07) is 0. The lowest BCUT2D eigenvalue weighted by molar-refractivity contribution is 0.877.